The maximum atomic E-state index is 2.39. The van der Waals surface area contributed by atoms with Crippen LogP contribution in [0.1, 0.15) is 60.8 Å². The van der Waals surface area contributed by atoms with Gasteiger partial charge in [0.2, 0.25) is 0 Å². The fourth-order valence-corrected chi connectivity index (χ4v) is 3.21. The first kappa shape index (κ1) is 16.8. The zero-order chi connectivity index (χ0) is 15.2. The minimum absolute atomic E-state index is 0.322. The molecule has 0 aromatic carbocycles. The highest BCUT2D eigenvalue weighted by Crippen LogP contribution is 2.44. The van der Waals surface area contributed by atoms with Crippen molar-refractivity contribution in [3.8, 4) is 0 Å². The fraction of sp³-hybridized carbons (Fsp3) is 0.500. The van der Waals surface area contributed by atoms with Crippen molar-refractivity contribution in [3.05, 3.63) is 58.7 Å². The van der Waals surface area contributed by atoms with Crippen LogP contribution in [0, 0.1) is 5.41 Å². The molecule has 0 saturated carbocycles. The lowest BCUT2D eigenvalue weighted by atomic mass is 9.69. The van der Waals surface area contributed by atoms with Gasteiger partial charge in [-0.3, -0.25) is 0 Å². The zero-order valence-corrected chi connectivity index (χ0v) is 14.1. The van der Waals surface area contributed by atoms with Crippen molar-refractivity contribution in [3.63, 3.8) is 0 Å². The average molecular weight is 270 g/mol. The largest absolute Gasteiger partial charge is 0.0877 e. The van der Waals surface area contributed by atoms with Crippen LogP contribution in [0.2, 0.25) is 0 Å². The Kier molecular flexibility index (Phi) is 6.26. The van der Waals surface area contributed by atoms with Crippen LogP contribution in [0.4, 0.5) is 0 Å². The lowest BCUT2D eigenvalue weighted by Gasteiger charge is -2.35. The molecule has 0 atom stereocenters. The zero-order valence-electron chi connectivity index (χ0n) is 14.1. The molecule has 0 radical (unpaired) electrons. The molecule has 0 amide bonds. The van der Waals surface area contributed by atoms with Crippen molar-refractivity contribution < 1.29 is 0 Å². The van der Waals surface area contributed by atoms with Crippen LogP contribution in [-0.4, -0.2) is 0 Å². The van der Waals surface area contributed by atoms with E-state index in [1.54, 1.807) is 11.1 Å². The summed E-state index contributed by atoms with van der Waals surface area (Å²) in [5, 5.41) is 0. The van der Waals surface area contributed by atoms with Crippen molar-refractivity contribution in [2.24, 2.45) is 5.41 Å². The van der Waals surface area contributed by atoms with Crippen LogP contribution < -0.4 is 0 Å². The molecule has 0 bridgehead atoms. The Morgan fingerprint density at radius 1 is 1.05 bits per heavy atom. The lowest BCUT2D eigenvalue weighted by molar-refractivity contribution is 0.372. The van der Waals surface area contributed by atoms with E-state index in [2.05, 4.69) is 58.9 Å². The van der Waals surface area contributed by atoms with Gasteiger partial charge in [-0.25, -0.2) is 0 Å². The Morgan fingerprint density at radius 2 is 1.70 bits per heavy atom. The smallest absolute Gasteiger partial charge is 0.0101 e. The standard InChI is InChI=1S/C20H30/c1-7-8-9-10-11-13-16(2)18(4)19-17(3)14-12-15-20(19,5)6/h7-11,13H,12,14-15H2,1-6H3. The van der Waals surface area contributed by atoms with Crippen LogP contribution >= 0.6 is 0 Å². The third kappa shape index (κ3) is 4.37. The van der Waals surface area contributed by atoms with E-state index in [4.69, 9.17) is 0 Å². The summed E-state index contributed by atoms with van der Waals surface area (Å²) in [5.41, 5.74) is 6.32. The molecule has 0 aromatic heterocycles. The van der Waals surface area contributed by atoms with E-state index in [0.29, 0.717) is 5.41 Å². The maximum absolute atomic E-state index is 2.39. The minimum atomic E-state index is 0.322. The first-order valence-electron chi connectivity index (χ1n) is 7.74. The summed E-state index contributed by atoms with van der Waals surface area (Å²) < 4.78 is 0. The van der Waals surface area contributed by atoms with E-state index in [0.717, 1.165) is 0 Å². The molecule has 20 heavy (non-hydrogen) atoms. The molecule has 1 rings (SSSR count). The molecule has 0 heteroatoms. The number of rotatable bonds is 4. The summed E-state index contributed by atoms with van der Waals surface area (Å²) in [6.07, 6.45) is 16.5. The highest BCUT2D eigenvalue weighted by Gasteiger charge is 2.29. The Morgan fingerprint density at radius 3 is 2.30 bits per heavy atom. The van der Waals surface area contributed by atoms with Gasteiger partial charge in [0.05, 0.1) is 0 Å². The SMILES string of the molecule is CC=CC=CC=CC(C)=C(C)C1=C(C)CCCC1(C)C. The summed E-state index contributed by atoms with van der Waals surface area (Å²) in [6, 6.07) is 0. The summed E-state index contributed by atoms with van der Waals surface area (Å²) in [7, 11) is 0. The van der Waals surface area contributed by atoms with Gasteiger partial charge in [-0.2, -0.15) is 0 Å². The first-order valence-corrected chi connectivity index (χ1v) is 7.74. The lowest BCUT2D eigenvalue weighted by Crippen LogP contribution is -2.21. The molecule has 0 N–H and O–H groups in total. The molecule has 0 aromatic rings. The quantitative estimate of drug-likeness (QED) is 0.509. The van der Waals surface area contributed by atoms with Gasteiger partial charge in [-0.15, -0.1) is 0 Å². The van der Waals surface area contributed by atoms with Gasteiger partial charge in [-0.1, -0.05) is 55.9 Å². The van der Waals surface area contributed by atoms with Gasteiger partial charge in [0, 0.05) is 0 Å². The van der Waals surface area contributed by atoms with E-state index < -0.39 is 0 Å². The molecule has 0 fully saturated rings. The molecule has 110 valence electrons. The van der Waals surface area contributed by atoms with E-state index in [1.807, 2.05) is 19.1 Å². The van der Waals surface area contributed by atoms with Gasteiger partial charge in [0.1, 0.15) is 0 Å². The summed E-state index contributed by atoms with van der Waals surface area (Å²) >= 11 is 0. The molecule has 0 aliphatic heterocycles. The molecule has 0 unspecified atom stereocenters. The topological polar surface area (TPSA) is 0 Å². The van der Waals surface area contributed by atoms with Crippen LogP contribution in [-0.2, 0) is 0 Å². The summed E-state index contributed by atoms with van der Waals surface area (Å²) in [4.78, 5) is 0. The second kappa shape index (κ2) is 7.47. The van der Waals surface area contributed by atoms with Crippen molar-refractivity contribution >= 4 is 0 Å². The normalized spacial score (nSPS) is 21.3. The summed E-state index contributed by atoms with van der Waals surface area (Å²) in [5.74, 6) is 0. The third-order valence-electron chi connectivity index (χ3n) is 4.30. The predicted octanol–water partition coefficient (Wildman–Crippen LogP) is 6.54. The Hall–Kier alpha value is -1.30. The predicted molar refractivity (Wildman–Crippen MR) is 91.8 cm³/mol. The van der Waals surface area contributed by atoms with Crippen LogP contribution in [0.25, 0.3) is 0 Å². The fourth-order valence-electron chi connectivity index (χ4n) is 3.21. The van der Waals surface area contributed by atoms with Gasteiger partial charge >= 0.3 is 0 Å². The molecule has 0 nitrogen and oxygen atoms in total. The van der Waals surface area contributed by atoms with Crippen molar-refractivity contribution in [2.75, 3.05) is 0 Å². The molecular formula is C20H30. The van der Waals surface area contributed by atoms with Crippen molar-refractivity contribution in [1.29, 1.82) is 0 Å². The monoisotopic (exact) mass is 270 g/mol. The highest BCUT2D eigenvalue weighted by molar-refractivity contribution is 5.45. The van der Waals surface area contributed by atoms with Gasteiger partial charge in [-0.05, 0) is 69.1 Å². The van der Waals surface area contributed by atoms with E-state index in [9.17, 15) is 0 Å². The maximum Gasteiger partial charge on any atom is -0.0101 e. The van der Waals surface area contributed by atoms with Gasteiger partial charge < -0.3 is 0 Å². The Balaban J connectivity index is 3.01. The van der Waals surface area contributed by atoms with Gasteiger partial charge in [0.15, 0.2) is 0 Å². The highest BCUT2D eigenvalue weighted by atomic mass is 14.3. The Labute approximate surface area is 125 Å². The first-order chi connectivity index (χ1) is 9.40. The molecule has 1 aliphatic rings. The Bertz CT molecular complexity index is 476. The number of allylic oxidation sites excluding steroid dienone is 10. The third-order valence-corrected chi connectivity index (χ3v) is 4.30. The second-order valence-electron chi connectivity index (χ2n) is 6.47. The minimum Gasteiger partial charge on any atom is -0.0877 e. The number of hydrogen-bond donors (Lipinski definition) is 0. The van der Waals surface area contributed by atoms with Crippen LogP contribution in [0.15, 0.2) is 58.7 Å². The average Bonchev–Trinajstić information content (AvgIpc) is 2.36. The van der Waals surface area contributed by atoms with Crippen LogP contribution in [0.5, 0.6) is 0 Å². The van der Waals surface area contributed by atoms with Crippen molar-refractivity contribution in [2.45, 2.75) is 60.8 Å². The van der Waals surface area contributed by atoms with Crippen LogP contribution in [0.3, 0.4) is 0 Å². The van der Waals surface area contributed by atoms with E-state index >= 15 is 0 Å². The molecule has 0 saturated heterocycles. The van der Waals surface area contributed by atoms with E-state index in [1.165, 1.54) is 30.4 Å². The summed E-state index contributed by atoms with van der Waals surface area (Å²) in [6.45, 7) is 13.6. The molecule has 0 spiro atoms. The molecule has 1 aliphatic carbocycles. The van der Waals surface area contributed by atoms with Gasteiger partial charge in [0.25, 0.3) is 0 Å². The second-order valence-corrected chi connectivity index (χ2v) is 6.47. The van der Waals surface area contributed by atoms with Crippen molar-refractivity contribution in [1.82, 2.24) is 0 Å². The molecular weight excluding hydrogens is 240 g/mol. The van der Waals surface area contributed by atoms with E-state index in [-0.39, 0.29) is 0 Å². The molecule has 0 heterocycles. The number of hydrogen-bond acceptors (Lipinski definition) is 0.